The summed E-state index contributed by atoms with van der Waals surface area (Å²) < 4.78 is 0.972. The van der Waals surface area contributed by atoms with Gasteiger partial charge in [-0.15, -0.1) is 0 Å². The fourth-order valence-corrected chi connectivity index (χ4v) is 0.527. The minimum atomic E-state index is -0.299. The van der Waals surface area contributed by atoms with Crippen molar-refractivity contribution < 1.29 is 4.79 Å². The van der Waals surface area contributed by atoms with Crippen LogP contribution in [0.5, 0.6) is 0 Å². The number of pyridine rings is 1. The molecule has 0 atom stereocenters. The molecular weight excluding hydrogens is 142 g/mol. The SMILES string of the molecule is CC.O=Cn1ccccc1=O. The van der Waals surface area contributed by atoms with Crippen LogP contribution in [0.25, 0.3) is 0 Å². The Morgan fingerprint density at radius 2 is 2.00 bits per heavy atom. The lowest BCUT2D eigenvalue weighted by atomic mass is 10.5. The number of rotatable bonds is 1. The van der Waals surface area contributed by atoms with E-state index in [0.717, 1.165) is 4.57 Å². The van der Waals surface area contributed by atoms with Gasteiger partial charge in [-0.05, 0) is 6.07 Å². The summed E-state index contributed by atoms with van der Waals surface area (Å²) in [5.74, 6) is 0. The normalized spacial score (nSPS) is 7.82. The lowest BCUT2D eigenvalue weighted by Crippen LogP contribution is -2.16. The first-order valence-corrected chi connectivity index (χ1v) is 3.47. The van der Waals surface area contributed by atoms with Gasteiger partial charge in [0.15, 0.2) is 0 Å². The molecule has 0 bridgehead atoms. The predicted octanol–water partition coefficient (Wildman–Crippen LogP) is 0.913. The molecule has 0 N–H and O–H groups in total. The third-order valence-electron chi connectivity index (χ3n) is 0.965. The second-order valence-corrected chi connectivity index (χ2v) is 1.55. The van der Waals surface area contributed by atoms with Gasteiger partial charge in [0.25, 0.3) is 5.56 Å². The summed E-state index contributed by atoms with van der Waals surface area (Å²) in [6, 6.07) is 4.53. The fraction of sp³-hybridized carbons (Fsp3) is 0.250. The Bertz CT molecular complexity index is 265. The first-order valence-electron chi connectivity index (χ1n) is 3.47. The fourth-order valence-electron chi connectivity index (χ4n) is 0.527. The molecule has 1 heterocycles. The molecule has 0 saturated carbocycles. The summed E-state index contributed by atoms with van der Waals surface area (Å²) in [5.41, 5.74) is -0.299. The van der Waals surface area contributed by atoms with Crippen molar-refractivity contribution in [1.29, 1.82) is 0 Å². The van der Waals surface area contributed by atoms with Crippen LogP contribution in [0.15, 0.2) is 29.2 Å². The summed E-state index contributed by atoms with van der Waals surface area (Å²) >= 11 is 0. The molecule has 0 aliphatic carbocycles. The van der Waals surface area contributed by atoms with Gasteiger partial charge in [0.05, 0.1) is 0 Å². The zero-order chi connectivity index (χ0) is 8.69. The van der Waals surface area contributed by atoms with Crippen LogP contribution in [0.4, 0.5) is 0 Å². The average molecular weight is 153 g/mol. The van der Waals surface area contributed by atoms with E-state index in [2.05, 4.69) is 0 Å². The van der Waals surface area contributed by atoms with Crippen LogP contribution in [0, 0.1) is 0 Å². The molecule has 1 aromatic rings. The largest absolute Gasteiger partial charge is 0.278 e. The van der Waals surface area contributed by atoms with E-state index in [1.54, 1.807) is 12.1 Å². The molecule has 0 aromatic carbocycles. The van der Waals surface area contributed by atoms with Crippen molar-refractivity contribution in [3.8, 4) is 0 Å². The Balaban J connectivity index is 0.000000461. The highest BCUT2D eigenvalue weighted by Gasteiger charge is 1.85. The summed E-state index contributed by atoms with van der Waals surface area (Å²) in [4.78, 5) is 20.6. The van der Waals surface area contributed by atoms with E-state index in [-0.39, 0.29) is 5.56 Å². The molecule has 1 rings (SSSR count). The van der Waals surface area contributed by atoms with Crippen molar-refractivity contribution >= 4 is 6.41 Å². The van der Waals surface area contributed by atoms with E-state index in [9.17, 15) is 9.59 Å². The van der Waals surface area contributed by atoms with Crippen molar-refractivity contribution in [2.45, 2.75) is 13.8 Å². The van der Waals surface area contributed by atoms with Gasteiger partial charge in [-0.25, -0.2) is 0 Å². The zero-order valence-corrected chi connectivity index (χ0v) is 6.65. The zero-order valence-electron chi connectivity index (χ0n) is 6.65. The molecule has 0 unspecified atom stereocenters. The summed E-state index contributed by atoms with van der Waals surface area (Å²) in [6.45, 7) is 4.00. The maximum Gasteiger partial charge on any atom is 0.257 e. The number of carbonyl (C=O) groups is 1. The number of nitrogens with zero attached hydrogens (tertiary/aromatic N) is 1. The first kappa shape index (κ1) is 9.62. The van der Waals surface area contributed by atoms with Gasteiger partial charge in [0.1, 0.15) is 0 Å². The van der Waals surface area contributed by atoms with E-state index >= 15 is 0 Å². The third kappa shape index (κ3) is 2.80. The Kier molecular flexibility index (Phi) is 4.73. The van der Waals surface area contributed by atoms with Gasteiger partial charge in [-0.2, -0.15) is 0 Å². The number of aromatic nitrogens is 1. The lowest BCUT2D eigenvalue weighted by Gasteiger charge is -1.87. The number of carbonyl (C=O) groups excluding carboxylic acids is 1. The monoisotopic (exact) mass is 153 g/mol. The summed E-state index contributed by atoms with van der Waals surface area (Å²) in [6.07, 6.45) is 1.89. The second kappa shape index (κ2) is 5.41. The quantitative estimate of drug-likeness (QED) is 0.562. The minimum Gasteiger partial charge on any atom is -0.278 e. The van der Waals surface area contributed by atoms with E-state index in [0.29, 0.717) is 6.41 Å². The van der Waals surface area contributed by atoms with Crippen LogP contribution in [0.3, 0.4) is 0 Å². The van der Waals surface area contributed by atoms with E-state index in [1.807, 2.05) is 13.8 Å². The molecule has 0 spiro atoms. The van der Waals surface area contributed by atoms with Crippen molar-refractivity contribution in [1.82, 2.24) is 4.57 Å². The minimum absolute atomic E-state index is 0.299. The van der Waals surface area contributed by atoms with Gasteiger partial charge in [-0.1, -0.05) is 19.9 Å². The molecule has 60 valence electrons. The molecular formula is C8H11NO2. The summed E-state index contributed by atoms with van der Waals surface area (Å²) in [7, 11) is 0. The predicted molar refractivity (Wildman–Crippen MR) is 44.2 cm³/mol. The third-order valence-corrected chi connectivity index (χ3v) is 0.965. The molecule has 0 saturated heterocycles. The van der Waals surface area contributed by atoms with E-state index in [1.165, 1.54) is 12.3 Å². The maximum absolute atomic E-state index is 10.6. The van der Waals surface area contributed by atoms with Crippen molar-refractivity contribution in [3.63, 3.8) is 0 Å². The number of hydrogen-bond acceptors (Lipinski definition) is 2. The van der Waals surface area contributed by atoms with Crippen LogP contribution in [0.2, 0.25) is 0 Å². The Hall–Kier alpha value is -1.38. The highest BCUT2D eigenvalue weighted by Crippen LogP contribution is 1.73. The molecule has 0 aliphatic heterocycles. The van der Waals surface area contributed by atoms with Gasteiger partial charge >= 0.3 is 0 Å². The molecule has 11 heavy (non-hydrogen) atoms. The van der Waals surface area contributed by atoms with Crippen LogP contribution >= 0.6 is 0 Å². The van der Waals surface area contributed by atoms with Crippen LogP contribution in [0.1, 0.15) is 13.8 Å². The summed E-state index contributed by atoms with van der Waals surface area (Å²) in [5, 5.41) is 0. The van der Waals surface area contributed by atoms with Crippen molar-refractivity contribution in [3.05, 3.63) is 34.7 Å². The van der Waals surface area contributed by atoms with E-state index < -0.39 is 0 Å². The number of hydrogen-bond donors (Lipinski definition) is 0. The van der Waals surface area contributed by atoms with E-state index in [4.69, 9.17) is 0 Å². The second-order valence-electron chi connectivity index (χ2n) is 1.55. The van der Waals surface area contributed by atoms with Crippen LogP contribution in [-0.2, 0) is 4.79 Å². The van der Waals surface area contributed by atoms with Gasteiger partial charge in [-0.3, -0.25) is 14.2 Å². The molecule has 3 nitrogen and oxygen atoms in total. The van der Waals surface area contributed by atoms with Crippen molar-refractivity contribution in [2.24, 2.45) is 0 Å². The molecule has 1 aromatic heterocycles. The smallest absolute Gasteiger partial charge is 0.257 e. The average Bonchev–Trinajstić information content (AvgIpc) is 2.09. The Labute approximate surface area is 65.3 Å². The van der Waals surface area contributed by atoms with Gasteiger partial charge in [0, 0.05) is 12.3 Å². The van der Waals surface area contributed by atoms with Gasteiger partial charge in [0.2, 0.25) is 6.41 Å². The standard InChI is InChI=1S/C6H5NO2.C2H6/c8-5-7-4-2-1-3-6(7)9;1-2/h1-5H;1-2H3. The molecule has 3 heteroatoms. The first-order chi connectivity index (χ1) is 5.34. The highest BCUT2D eigenvalue weighted by molar-refractivity contribution is 5.51. The Morgan fingerprint density at radius 3 is 2.36 bits per heavy atom. The van der Waals surface area contributed by atoms with Gasteiger partial charge < -0.3 is 0 Å². The molecule has 0 aliphatic rings. The molecule has 0 fully saturated rings. The topological polar surface area (TPSA) is 39.1 Å². The van der Waals surface area contributed by atoms with Crippen LogP contribution < -0.4 is 5.56 Å². The van der Waals surface area contributed by atoms with Crippen molar-refractivity contribution in [2.75, 3.05) is 0 Å². The molecule has 0 amide bonds. The maximum atomic E-state index is 10.6. The molecule has 0 radical (unpaired) electrons. The Morgan fingerprint density at radius 1 is 1.36 bits per heavy atom. The highest BCUT2D eigenvalue weighted by atomic mass is 16.2. The van der Waals surface area contributed by atoms with Crippen LogP contribution in [-0.4, -0.2) is 11.0 Å². The lowest BCUT2D eigenvalue weighted by molar-refractivity contribution is 0.545.